The van der Waals surface area contributed by atoms with E-state index in [9.17, 15) is 25.0 Å². The molecule has 0 spiro atoms. The lowest BCUT2D eigenvalue weighted by Crippen LogP contribution is -2.54. The summed E-state index contributed by atoms with van der Waals surface area (Å²) >= 11 is 5.98. The molecule has 1 aliphatic rings. The standard InChI is InChI=1S/C20H21ClN2O6/c21-15-9-5-4-8-14(15)18(25)22-10-16-17(24)20(27,12-29-16)11-23(28)19(26)13-6-2-1-3-7-13/h1-9,16-17,24,27-28H,10-12H2,(H,22,25)/t16-,17-,20+/m1/s1. The van der Waals surface area contributed by atoms with Gasteiger partial charge in [-0.05, 0) is 24.3 Å². The highest BCUT2D eigenvalue weighted by atomic mass is 35.5. The molecule has 0 aromatic heterocycles. The molecule has 9 heteroatoms. The number of aliphatic hydroxyl groups is 2. The van der Waals surface area contributed by atoms with Crippen molar-refractivity contribution in [3.8, 4) is 0 Å². The molecule has 0 unspecified atom stereocenters. The predicted octanol–water partition coefficient (Wildman–Crippen LogP) is 1.09. The summed E-state index contributed by atoms with van der Waals surface area (Å²) in [6.45, 7) is -0.970. The molecule has 154 valence electrons. The molecule has 3 atom stereocenters. The van der Waals surface area contributed by atoms with Gasteiger partial charge in [-0.2, -0.15) is 0 Å². The average molecular weight is 421 g/mol. The first kappa shape index (κ1) is 21.2. The molecule has 0 aliphatic carbocycles. The third kappa shape index (κ3) is 4.75. The summed E-state index contributed by atoms with van der Waals surface area (Å²) in [4.78, 5) is 24.5. The summed E-state index contributed by atoms with van der Waals surface area (Å²) in [5.74, 6) is -1.17. The predicted molar refractivity (Wildman–Crippen MR) is 104 cm³/mol. The summed E-state index contributed by atoms with van der Waals surface area (Å²) in [7, 11) is 0. The van der Waals surface area contributed by atoms with Gasteiger partial charge in [-0.3, -0.25) is 14.8 Å². The molecule has 2 amide bonds. The van der Waals surface area contributed by atoms with Crippen molar-refractivity contribution in [2.24, 2.45) is 0 Å². The highest BCUT2D eigenvalue weighted by Gasteiger charge is 2.49. The molecule has 1 fully saturated rings. The molecule has 1 saturated heterocycles. The molecule has 2 aromatic rings. The largest absolute Gasteiger partial charge is 0.387 e. The van der Waals surface area contributed by atoms with Crippen molar-refractivity contribution in [3.63, 3.8) is 0 Å². The number of carbonyl (C=O) groups is 2. The van der Waals surface area contributed by atoms with Crippen LogP contribution >= 0.6 is 11.6 Å². The van der Waals surface area contributed by atoms with Gasteiger partial charge in [0, 0.05) is 12.1 Å². The molecule has 0 saturated carbocycles. The zero-order chi connectivity index (χ0) is 21.0. The number of hydrogen-bond acceptors (Lipinski definition) is 6. The third-order valence-corrected chi connectivity index (χ3v) is 5.04. The first-order chi connectivity index (χ1) is 13.8. The molecule has 29 heavy (non-hydrogen) atoms. The molecule has 0 bridgehead atoms. The number of hydrogen-bond donors (Lipinski definition) is 4. The monoisotopic (exact) mass is 420 g/mol. The van der Waals surface area contributed by atoms with Crippen molar-refractivity contribution in [3.05, 3.63) is 70.7 Å². The molecular formula is C20H21ClN2O6. The number of nitrogens with zero attached hydrogens (tertiary/aromatic N) is 1. The minimum atomic E-state index is -1.89. The van der Waals surface area contributed by atoms with E-state index in [0.717, 1.165) is 0 Å². The zero-order valence-corrected chi connectivity index (χ0v) is 16.1. The Labute approximate surface area is 172 Å². The van der Waals surface area contributed by atoms with Crippen molar-refractivity contribution >= 4 is 23.4 Å². The quantitative estimate of drug-likeness (QED) is 0.410. The van der Waals surface area contributed by atoms with Crippen molar-refractivity contribution in [1.82, 2.24) is 10.4 Å². The van der Waals surface area contributed by atoms with Crippen molar-refractivity contribution in [1.29, 1.82) is 0 Å². The number of carbonyl (C=O) groups excluding carboxylic acids is 2. The summed E-state index contributed by atoms with van der Waals surface area (Å²) in [6.07, 6.45) is -2.36. The van der Waals surface area contributed by atoms with Gasteiger partial charge in [-0.1, -0.05) is 41.9 Å². The SMILES string of the molecule is O=C(NC[C@H]1OC[C@@](O)(CN(O)C(=O)c2ccccc2)[C@@H]1O)c1ccccc1Cl. The third-order valence-electron chi connectivity index (χ3n) is 4.71. The van der Waals surface area contributed by atoms with Crippen LogP contribution < -0.4 is 5.32 Å². The van der Waals surface area contributed by atoms with Gasteiger partial charge < -0.3 is 20.3 Å². The minimum absolute atomic E-state index is 0.0917. The zero-order valence-electron chi connectivity index (χ0n) is 15.4. The topological polar surface area (TPSA) is 119 Å². The first-order valence-corrected chi connectivity index (χ1v) is 9.30. The van der Waals surface area contributed by atoms with E-state index in [2.05, 4.69) is 5.32 Å². The van der Waals surface area contributed by atoms with Crippen molar-refractivity contribution < 1.29 is 29.7 Å². The van der Waals surface area contributed by atoms with E-state index in [4.69, 9.17) is 16.3 Å². The molecule has 1 heterocycles. The van der Waals surface area contributed by atoms with Crippen LogP contribution in [0.4, 0.5) is 0 Å². The van der Waals surface area contributed by atoms with Crippen LogP contribution in [0, 0.1) is 0 Å². The van der Waals surface area contributed by atoms with Crippen LogP contribution in [0.1, 0.15) is 20.7 Å². The maximum atomic E-state index is 12.2. The van der Waals surface area contributed by atoms with Gasteiger partial charge in [-0.25, -0.2) is 5.06 Å². The minimum Gasteiger partial charge on any atom is -0.387 e. The van der Waals surface area contributed by atoms with Crippen molar-refractivity contribution in [2.45, 2.75) is 17.8 Å². The Hall–Kier alpha value is -2.49. The first-order valence-electron chi connectivity index (χ1n) is 8.92. The fourth-order valence-corrected chi connectivity index (χ4v) is 3.30. The molecular weight excluding hydrogens is 400 g/mol. The van der Waals surface area contributed by atoms with E-state index < -0.39 is 36.2 Å². The second kappa shape index (κ2) is 8.89. The Morgan fingerprint density at radius 1 is 1.17 bits per heavy atom. The van der Waals surface area contributed by atoms with E-state index in [1.54, 1.807) is 42.5 Å². The molecule has 4 N–H and O–H groups in total. The average Bonchev–Trinajstić information content (AvgIpc) is 3.00. The second-order valence-corrected chi connectivity index (χ2v) is 7.22. The number of hydroxylamine groups is 2. The van der Waals surface area contributed by atoms with Gasteiger partial charge in [0.15, 0.2) is 0 Å². The van der Waals surface area contributed by atoms with Gasteiger partial charge >= 0.3 is 0 Å². The smallest absolute Gasteiger partial charge is 0.277 e. The number of benzene rings is 2. The summed E-state index contributed by atoms with van der Waals surface area (Å²) in [5.41, 5.74) is -1.39. The summed E-state index contributed by atoms with van der Waals surface area (Å²) in [6, 6.07) is 14.5. The number of rotatable bonds is 6. The van der Waals surface area contributed by atoms with Crippen LogP contribution in [-0.4, -0.2) is 69.8 Å². The van der Waals surface area contributed by atoms with Crippen LogP contribution in [0.25, 0.3) is 0 Å². The fourth-order valence-electron chi connectivity index (χ4n) is 3.08. The lowest BCUT2D eigenvalue weighted by molar-refractivity contribution is -0.133. The van der Waals surface area contributed by atoms with Crippen LogP contribution in [-0.2, 0) is 4.74 Å². The summed E-state index contributed by atoms with van der Waals surface area (Å²) in [5, 5.41) is 34.4. The highest BCUT2D eigenvalue weighted by Crippen LogP contribution is 2.26. The Morgan fingerprint density at radius 2 is 1.83 bits per heavy atom. The highest BCUT2D eigenvalue weighted by molar-refractivity contribution is 6.33. The number of aliphatic hydroxyl groups excluding tert-OH is 1. The Morgan fingerprint density at radius 3 is 2.52 bits per heavy atom. The number of halogens is 1. The number of nitrogens with one attached hydrogen (secondary N) is 1. The van der Waals surface area contributed by atoms with Crippen LogP contribution in [0.15, 0.2) is 54.6 Å². The van der Waals surface area contributed by atoms with Crippen LogP contribution in [0.2, 0.25) is 5.02 Å². The van der Waals surface area contributed by atoms with Gasteiger partial charge in [0.05, 0.1) is 23.7 Å². The molecule has 1 aliphatic heterocycles. The molecule has 0 radical (unpaired) electrons. The maximum Gasteiger partial charge on any atom is 0.277 e. The van der Waals surface area contributed by atoms with E-state index in [1.165, 1.54) is 12.1 Å². The van der Waals surface area contributed by atoms with Gasteiger partial charge in [0.25, 0.3) is 11.8 Å². The second-order valence-electron chi connectivity index (χ2n) is 6.82. The fraction of sp³-hybridized carbons (Fsp3) is 0.300. The molecule has 8 nitrogen and oxygen atoms in total. The lowest BCUT2D eigenvalue weighted by Gasteiger charge is -2.29. The van der Waals surface area contributed by atoms with Gasteiger partial charge in [0.2, 0.25) is 0 Å². The van der Waals surface area contributed by atoms with Gasteiger partial charge in [0.1, 0.15) is 17.8 Å². The number of amides is 2. The lowest BCUT2D eigenvalue weighted by atomic mass is 9.96. The summed E-state index contributed by atoms with van der Waals surface area (Å²) < 4.78 is 5.39. The van der Waals surface area contributed by atoms with E-state index in [-0.39, 0.29) is 29.3 Å². The van der Waals surface area contributed by atoms with E-state index in [1.807, 2.05) is 0 Å². The maximum absolute atomic E-state index is 12.2. The molecule has 2 aromatic carbocycles. The number of ether oxygens (including phenoxy) is 1. The van der Waals surface area contributed by atoms with E-state index >= 15 is 0 Å². The Balaban J connectivity index is 1.58. The Kier molecular flexibility index (Phi) is 6.51. The van der Waals surface area contributed by atoms with Crippen LogP contribution in [0.3, 0.4) is 0 Å². The van der Waals surface area contributed by atoms with Crippen molar-refractivity contribution in [2.75, 3.05) is 19.7 Å². The van der Waals surface area contributed by atoms with Crippen LogP contribution in [0.5, 0.6) is 0 Å². The van der Waals surface area contributed by atoms with E-state index in [0.29, 0.717) is 5.06 Å². The normalized spacial score (nSPS) is 23.6. The Bertz CT molecular complexity index is 880. The van der Waals surface area contributed by atoms with Gasteiger partial charge in [-0.15, -0.1) is 0 Å². The molecule has 3 rings (SSSR count).